The number of carbonyl (C=O) groups is 1. The number of phenols is 1. The number of amides is 1. The molecule has 0 aliphatic heterocycles. The number of carbonyl (C=O) groups excluding carboxylic acids is 1. The van der Waals surface area contributed by atoms with Crippen LogP contribution in [0.3, 0.4) is 0 Å². The number of phenolic OH excluding ortho intramolecular Hbond substituents is 1. The van der Waals surface area contributed by atoms with Gasteiger partial charge in [-0.05, 0) is 18.6 Å². The van der Waals surface area contributed by atoms with Crippen molar-refractivity contribution in [3.05, 3.63) is 42.0 Å². The molecule has 0 atom stereocenters. The van der Waals surface area contributed by atoms with Gasteiger partial charge in [-0.1, -0.05) is 18.2 Å². The van der Waals surface area contributed by atoms with Gasteiger partial charge in [-0.2, -0.15) is 0 Å². The SMILES string of the molecule is C=CCN(CCOC)C(=O)c1cccc(C)c1O. The van der Waals surface area contributed by atoms with E-state index in [4.69, 9.17) is 4.74 Å². The number of nitrogens with zero attached hydrogens (tertiary/aromatic N) is 1. The number of aromatic hydroxyl groups is 1. The number of hydrogen-bond acceptors (Lipinski definition) is 3. The van der Waals surface area contributed by atoms with Gasteiger partial charge in [-0.3, -0.25) is 4.79 Å². The molecule has 0 aromatic heterocycles. The summed E-state index contributed by atoms with van der Waals surface area (Å²) in [5.74, 6) is -0.179. The van der Waals surface area contributed by atoms with Crippen LogP contribution in [-0.2, 0) is 4.74 Å². The van der Waals surface area contributed by atoms with Gasteiger partial charge in [0.25, 0.3) is 5.91 Å². The summed E-state index contributed by atoms with van der Waals surface area (Å²) in [5, 5.41) is 9.91. The molecule has 1 rings (SSSR count). The summed E-state index contributed by atoms with van der Waals surface area (Å²) >= 11 is 0. The molecule has 4 heteroatoms. The van der Waals surface area contributed by atoms with Gasteiger partial charge in [0.2, 0.25) is 0 Å². The molecule has 0 aliphatic rings. The van der Waals surface area contributed by atoms with Crippen LogP contribution in [0.2, 0.25) is 0 Å². The highest BCUT2D eigenvalue weighted by molar-refractivity contribution is 5.97. The minimum atomic E-state index is -0.215. The predicted octanol–water partition coefficient (Wildman–Crippen LogP) is 1.98. The topological polar surface area (TPSA) is 49.8 Å². The van der Waals surface area contributed by atoms with Crippen molar-refractivity contribution in [1.29, 1.82) is 0 Å². The van der Waals surface area contributed by atoms with Crippen molar-refractivity contribution in [2.24, 2.45) is 0 Å². The maximum absolute atomic E-state index is 12.3. The van der Waals surface area contributed by atoms with Crippen LogP contribution in [0, 0.1) is 6.92 Å². The van der Waals surface area contributed by atoms with E-state index in [-0.39, 0.29) is 11.7 Å². The second kappa shape index (κ2) is 6.81. The lowest BCUT2D eigenvalue weighted by Crippen LogP contribution is -2.34. The van der Waals surface area contributed by atoms with Crippen molar-refractivity contribution in [3.63, 3.8) is 0 Å². The molecule has 1 amide bonds. The van der Waals surface area contributed by atoms with Crippen LogP contribution in [0.25, 0.3) is 0 Å². The number of aryl methyl sites for hydroxylation is 1. The molecule has 0 fully saturated rings. The Morgan fingerprint density at radius 2 is 2.28 bits per heavy atom. The smallest absolute Gasteiger partial charge is 0.257 e. The zero-order valence-electron chi connectivity index (χ0n) is 10.8. The molecule has 18 heavy (non-hydrogen) atoms. The number of hydrogen-bond donors (Lipinski definition) is 1. The van der Waals surface area contributed by atoms with Crippen molar-refractivity contribution in [3.8, 4) is 5.75 Å². The maximum atomic E-state index is 12.3. The van der Waals surface area contributed by atoms with E-state index in [1.807, 2.05) is 0 Å². The van der Waals surface area contributed by atoms with Gasteiger partial charge in [0.1, 0.15) is 5.75 Å². The number of rotatable bonds is 6. The molecule has 98 valence electrons. The average molecular weight is 249 g/mol. The van der Waals surface area contributed by atoms with E-state index >= 15 is 0 Å². The quantitative estimate of drug-likeness (QED) is 0.784. The zero-order chi connectivity index (χ0) is 13.5. The summed E-state index contributed by atoms with van der Waals surface area (Å²) in [6, 6.07) is 5.14. The summed E-state index contributed by atoms with van der Waals surface area (Å²) in [6.45, 7) is 6.73. The van der Waals surface area contributed by atoms with Crippen molar-refractivity contribution in [1.82, 2.24) is 4.90 Å². The maximum Gasteiger partial charge on any atom is 0.257 e. The van der Waals surface area contributed by atoms with Crippen LogP contribution in [0.15, 0.2) is 30.9 Å². The normalized spacial score (nSPS) is 10.1. The summed E-state index contributed by atoms with van der Waals surface area (Å²) < 4.78 is 4.97. The fourth-order valence-corrected chi connectivity index (χ4v) is 1.63. The molecule has 0 radical (unpaired) electrons. The number of methoxy groups -OCH3 is 1. The monoisotopic (exact) mass is 249 g/mol. The minimum absolute atomic E-state index is 0.0361. The first-order valence-corrected chi connectivity index (χ1v) is 5.79. The Hall–Kier alpha value is -1.81. The minimum Gasteiger partial charge on any atom is -0.507 e. The highest BCUT2D eigenvalue weighted by atomic mass is 16.5. The van der Waals surface area contributed by atoms with Crippen LogP contribution in [0.1, 0.15) is 15.9 Å². The van der Waals surface area contributed by atoms with E-state index in [0.29, 0.717) is 30.8 Å². The van der Waals surface area contributed by atoms with Gasteiger partial charge in [-0.25, -0.2) is 0 Å². The third kappa shape index (κ3) is 3.34. The van der Waals surface area contributed by atoms with Gasteiger partial charge in [0.15, 0.2) is 0 Å². The predicted molar refractivity (Wildman–Crippen MR) is 70.8 cm³/mol. The van der Waals surface area contributed by atoms with Gasteiger partial charge < -0.3 is 14.7 Å². The third-order valence-electron chi connectivity index (χ3n) is 2.67. The van der Waals surface area contributed by atoms with Gasteiger partial charge in [0.05, 0.1) is 12.2 Å². The standard InChI is InChI=1S/C14H19NO3/c1-4-8-15(9-10-18-3)14(17)12-7-5-6-11(2)13(12)16/h4-7,16H,1,8-10H2,2-3H3. The molecule has 0 spiro atoms. The molecule has 1 aromatic rings. The molecule has 0 aliphatic carbocycles. The van der Waals surface area contributed by atoms with Crippen LogP contribution in [0.4, 0.5) is 0 Å². The molecule has 4 nitrogen and oxygen atoms in total. The first-order chi connectivity index (χ1) is 8.61. The van der Waals surface area contributed by atoms with Crippen LogP contribution in [0.5, 0.6) is 5.75 Å². The Labute approximate surface area is 107 Å². The van der Waals surface area contributed by atoms with Crippen molar-refractivity contribution in [2.45, 2.75) is 6.92 Å². The molecule has 0 saturated carbocycles. The highest BCUT2D eigenvalue weighted by Gasteiger charge is 2.18. The summed E-state index contributed by atoms with van der Waals surface area (Å²) in [6.07, 6.45) is 1.65. The Morgan fingerprint density at radius 3 is 2.89 bits per heavy atom. The zero-order valence-corrected chi connectivity index (χ0v) is 10.8. The third-order valence-corrected chi connectivity index (χ3v) is 2.67. The number of benzene rings is 1. The molecule has 1 N–H and O–H groups in total. The Kier molecular flexibility index (Phi) is 5.39. The lowest BCUT2D eigenvalue weighted by atomic mass is 10.1. The molecule has 0 heterocycles. The summed E-state index contributed by atoms with van der Waals surface area (Å²) in [4.78, 5) is 13.9. The van der Waals surface area contributed by atoms with E-state index in [1.165, 1.54) is 0 Å². The van der Waals surface area contributed by atoms with Crippen LogP contribution in [-0.4, -0.2) is 42.7 Å². The van der Waals surface area contributed by atoms with Crippen molar-refractivity contribution < 1.29 is 14.6 Å². The van der Waals surface area contributed by atoms with E-state index in [9.17, 15) is 9.90 Å². The summed E-state index contributed by atoms with van der Waals surface area (Å²) in [7, 11) is 1.58. The van der Waals surface area contributed by atoms with Crippen molar-refractivity contribution in [2.75, 3.05) is 26.8 Å². The lowest BCUT2D eigenvalue weighted by molar-refractivity contribution is 0.0715. The molecular formula is C14H19NO3. The van der Waals surface area contributed by atoms with Gasteiger partial charge >= 0.3 is 0 Å². The molecular weight excluding hydrogens is 230 g/mol. The van der Waals surface area contributed by atoms with E-state index < -0.39 is 0 Å². The Bertz CT molecular complexity index is 429. The molecule has 0 unspecified atom stereocenters. The highest BCUT2D eigenvalue weighted by Crippen LogP contribution is 2.22. The first-order valence-electron chi connectivity index (χ1n) is 5.79. The second-order valence-corrected chi connectivity index (χ2v) is 4.00. The molecule has 0 bridgehead atoms. The second-order valence-electron chi connectivity index (χ2n) is 4.00. The van der Waals surface area contributed by atoms with E-state index in [0.717, 1.165) is 0 Å². The fourth-order valence-electron chi connectivity index (χ4n) is 1.63. The Balaban J connectivity index is 2.94. The van der Waals surface area contributed by atoms with Crippen molar-refractivity contribution >= 4 is 5.91 Å². The molecule has 1 aromatic carbocycles. The van der Waals surface area contributed by atoms with Gasteiger partial charge in [0, 0.05) is 20.2 Å². The first kappa shape index (κ1) is 14.3. The summed E-state index contributed by atoms with van der Waals surface area (Å²) in [5.41, 5.74) is 0.999. The largest absolute Gasteiger partial charge is 0.507 e. The van der Waals surface area contributed by atoms with E-state index in [1.54, 1.807) is 43.2 Å². The fraction of sp³-hybridized carbons (Fsp3) is 0.357. The Morgan fingerprint density at radius 1 is 1.56 bits per heavy atom. The lowest BCUT2D eigenvalue weighted by Gasteiger charge is -2.21. The molecule has 0 saturated heterocycles. The van der Waals surface area contributed by atoms with E-state index in [2.05, 4.69) is 6.58 Å². The number of ether oxygens (including phenoxy) is 1. The number of para-hydroxylation sites is 1. The average Bonchev–Trinajstić information content (AvgIpc) is 2.37. The van der Waals surface area contributed by atoms with Gasteiger partial charge in [-0.15, -0.1) is 6.58 Å². The van der Waals surface area contributed by atoms with Crippen LogP contribution >= 0.6 is 0 Å². The van der Waals surface area contributed by atoms with Crippen LogP contribution < -0.4 is 0 Å².